The Bertz CT molecular complexity index is 657. The first-order chi connectivity index (χ1) is 11.3. The molecule has 130 valence electrons. The van der Waals surface area contributed by atoms with E-state index in [1.165, 1.54) is 44.5 Å². The van der Waals surface area contributed by atoms with E-state index in [9.17, 15) is 0 Å². The van der Waals surface area contributed by atoms with E-state index in [1.54, 1.807) is 0 Å². The summed E-state index contributed by atoms with van der Waals surface area (Å²) in [5.74, 6) is 0. The molecule has 0 bridgehead atoms. The number of nitrogens with one attached hydrogen (secondary N) is 1. The lowest BCUT2D eigenvalue weighted by Crippen LogP contribution is -2.37. The second kappa shape index (κ2) is 7.96. The number of hydrazine groups is 1. The molecule has 24 heavy (non-hydrogen) atoms. The summed E-state index contributed by atoms with van der Waals surface area (Å²) in [5.41, 5.74) is 14.6. The van der Waals surface area contributed by atoms with E-state index in [-0.39, 0.29) is 0 Å². The van der Waals surface area contributed by atoms with Gasteiger partial charge >= 0.3 is 0 Å². The minimum atomic E-state index is 0.924. The molecule has 0 saturated heterocycles. The van der Waals surface area contributed by atoms with E-state index in [0.29, 0.717) is 0 Å². The highest BCUT2D eigenvalue weighted by Crippen LogP contribution is 2.20. The molecule has 2 aromatic rings. The smallest absolute Gasteiger partial charge is 0.0388 e. The van der Waals surface area contributed by atoms with Gasteiger partial charge in [0.15, 0.2) is 0 Å². The van der Waals surface area contributed by atoms with Crippen LogP contribution in [0.25, 0.3) is 0 Å². The van der Waals surface area contributed by atoms with Crippen LogP contribution in [0.4, 0.5) is 0 Å². The average Bonchev–Trinajstić information content (AvgIpc) is 2.50. The van der Waals surface area contributed by atoms with Crippen LogP contribution in [0.3, 0.4) is 0 Å². The summed E-state index contributed by atoms with van der Waals surface area (Å²) in [4.78, 5) is 0. The molecule has 1 N–H and O–H groups in total. The Morgan fingerprint density at radius 3 is 1.38 bits per heavy atom. The van der Waals surface area contributed by atoms with Crippen LogP contribution >= 0.6 is 0 Å². The highest BCUT2D eigenvalue weighted by Gasteiger charge is 2.11. The Labute approximate surface area is 147 Å². The fourth-order valence-electron chi connectivity index (χ4n) is 3.18. The third-order valence-corrected chi connectivity index (χ3v) is 5.01. The lowest BCUT2D eigenvalue weighted by Gasteiger charge is -2.25. The first-order valence-corrected chi connectivity index (χ1v) is 8.93. The van der Waals surface area contributed by atoms with Crippen LogP contribution in [0.2, 0.25) is 0 Å². The summed E-state index contributed by atoms with van der Waals surface area (Å²) >= 11 is 0. The largest absolute Gasteiger partial charge is 0.255 e. The Morgan fingerprint density at radius 1 is 0.625 bits per heavy atom. The molecule has 0 amide bonds. The van der Waals surface area contributed by atoms with Gasteiger partial charge in [0.1, 0.15) is 0 Å². The number of hydrogen-bond acceptors (Lipinski definition) is 2. The molecule has 0 aliphatic heterocycles. The SMILES string of the molecule is CCNN(Cc1cc(C)c(C)cc1C)Cc1cc(C)c(C)cc1C. The summed E-state index contributed by atoms with van der Waals surface area (Å²) in [6.07, 6.45) is 0. The summed E-state index contributed by atoms with van der Waals surface area (Å²) in [6, 6.07) is 9.27. The van der Waals surface area contributed by atoms with E-state index in [2.05, 4.69) is 83.2 Å². The van der Waals surface area contributed by atoms with Gasteiger partial charge in [0, 0.05) is 19.6 Å². The molecule has 0 aliphatic rings. The zero-order chi connectivity index (χ0) is 17.9. The summed E-state index contributed by atoms with van der Waals surface area (Å²) in [7, 11) is 0. The van der Waals surface area contributed by atoms with Crippen LogP contribution in [0.15, 0.2) is 24.3 Å². The van der Waals surface area contributed by atoms with Gasteiger partial charge in [-0.3, -0.25) is 5.43 Å². The molecule has 2 rings (SSSR count). The van der Waals surface area contributed by atoms with Gasteiger partial charge in [-0.15, -0.1) is 0 Å². The quantitative estimate of drug-likeness (QED) is 0.747. The fourth-order valence-corrected chi connectivity index (χ4v) is 3.18. The molecule has 0 atom stereocenters. The van der Waals surface area contributed by atoms with Gasteiger partial charge < -0.3 is 0 Å². The molecular formula is C22H32N2. The molecule has 2 nitrogen and oxygen atoms in total. The zero-order valence-electron chi connectivity index (χ0n) is 16.4. The van der Waals surface area contributed by atoms with Crippen molar-refractivity contribution in [3.05, 3.63) is 68.8 Å². The minimum absolute atomic E-state index is 0.924. The number of benzene rings is 2. The van der Waals surface area contributed by atoms with Crippen LogP contribution < -0.4 is 5.43 Å². The monoisotopic (exact) mass is 324 g/mol. The standard InChI is InChI=1S/C22H32N2/c1-8-23-24(13-21-11-17(4)15(2)9-19(21)6)14-22-12-18(5)16(3)10-20(22)7/h9-12,23H,8,13-14H2,1-7H3. The first kappa shape index (κ1) is 18.7. The van der Waals surface area contributed by atoms with E-state index >= 15 is 0 Å². The van der Waals surface area contributed by atoms with Crippen molar-refractivity contribution in [3.63, 3.8) is 0 Å². The molecular weight excluding hydrogens is 292 g/mol. The Kier molecular flexibility index (Phi) is 6.20. The van der Waals surface area contributed by atoms with Crippen LogP contribution in [-0.4, -0.2) is 11.6 Å². The van der Waals surface area contributed by atoms with Crippen molar-refractivity contribution in [3.8, 4) is 0 Å². The summed E-state index contributed by atoms with van der Waals surface area (Å²) in [5, 5.41) is 2.34. The zero-order valence-corrected chi connectivity index (χ0v) is 16.4. The third-order valence-electron chi connectivity index (χ3n) is 5.01. The van der Waals surface area contributed by atoms with Gasteiger partial charge in [0.25, 0.3) is 0 Å². The molecule has 0 aliphatic carbocycles. The van der Waals surface area contributed by atoms with E-state index < -0.39 is 0 Å². The fraction of sp³-hybridized carbons (Fsp3) is 0.455. The second-order valence-electron chi connectivity index (χ2n) is 7.09. The van der Waals surface area contributed by atoms with Crippen LogP contribution in [-0.2, 0) is 13.1 Å². The molecule has 0 heterocycles. The van der Waals surface area contributed by atoms with Gasteiger partial charge in [-0.2, -0.15) is 0 Å². The molecule has 0 fully saturated rings. The van der Waals surface area contributed by atoms with E-state index in [4.69, 9.17) is 0 Å². The highest BCUT2D eigenvalue weighted by molar-refractivity contribution is 5.38. The van der Waals surface area contributed by atoms with Crippen molar-refractivity contribution in [2.75, 3.05) is 6.54 Å². The third kappa shape index (κ3) is 4.46. The van der Waals surface area contributed by atoms with Crippen molar-refractivity contribution in [2.45, 2.75) is 61.6 Å². The molecule has 0 saturated carbocycles. The van der Waals surface area contributed by atoms with Crippen LogP contribution in [0, 0.1) is 41.5 Å². The Morgan fingerprint density at radius 2 is 1.00 bits per heavy atom. The maximum absolute atomic E-state index is 3.54. The van der Waals surface area contributed by atoms with Crippen LogP contribution in [0.1, 0.15) is 51.4 Å². The normalized spacial score (nSPS) is 11.3. The van der Waals surface area contributed by atoms with Gasteiger partial charge in [-0.25, -0.2) is 5.01 Å². The Balaban J connectivity index is 2.24. The van der Waals surface area contributed by atoms with Gasteiger partial charge in [0.05, 0.1) is 0 Å². The molecule has 0 unspecified atom stereocenters. The van der Waals surface area contributed by atoms with Crippen molar-refractivity contribution in [2.24, 2.45) is 0 Å². The predicted molar refractivity (Wildman–Crippen MR) is 104 cm³/mol. The van der Waals surface area contributed by atoms with Crippen molar-refractivity contribution in [1.29, 1.82) is 0 Å². The average molecular weight is 325 g/mol. The Hall–Kier alpha value is -1.64. The second-order valence-corrected chi connectivity index (χ2v) is 7.09. The van der Waals surface area contributed by atoms with Crippen molar-refractivity contribution in [1.82, 2.24) is 10.4 Å². The molecule has 2 aromatic carbocycles. The van der Waals surface area contributed by atoms with Crippen molar-refractivity contribution < 1.29 is 0 Å². The van der Waals surface area contributed by atoms with Crippen LogP contribution in [0.5, 0.6) is 0 Å². The highest BCUT2D eigenvalue weighted by atomic mass is 15.5. The van der Waals surface area contributed by atoms with Gasteiger partial charge in [-0.05, 0) is 86.1 Å². The van der Waals surface area contributed by atoms with Crippen molar-refractivity contribution >= 4 is 0 Å². The van der Waals surface area contributed by atoms with Gasteiger partial charge in [0.2, 0.25) is 0 Å². The molecule has 0 spiro atoms. The maximum atomic E-state index is 3.54. The lowest BCUT2D eigenvalue weighted by molar-refractivity contribution is 0.172. The topological polar surface area (TPSA) is 15.3 Å². The number of aryl methyl sites for hydroxylation is 6. The van der Waals surface area contributed by atoms with E-state index in [1.807, 2.05) is 0 Å². The summed E-state index contributed by atoms with van der Waals surface area (Å²) < 4.78 is 0. The molecule has 2 heteroatoms. The first-order valence-electron chi connectivity index (χ1n) is 8.93. The van der Waals surface area contributed by atoms with Gasteiger partial charge in [-0.1, -0.05) is 31.2 Å². The van der Waals surface area contributed by atoms with E-state index in [0.717, 1.165) is 19.6 Å². The minimum Gasteiger partial charge on any atom is -0.255 e. The molecule has 0 aromatic heterocycles. The number of rotatable bonds is 6. The number of hydrogen-bond donors (Lipinski definition) is 1. The molecule has 0 radical (unpaired) electrons. The summed E-state index contributed by atoms with van der Waals surface area (Å²) in [6.45, 7) is 18.1. The number of nitrogens with zero attached hydrogens (tertiary/aromatic N) is 1. The maximum Gasteiger partial charge on any atom is 0.0388 e. The predicted octanol–water partition coefficient (Wildman–Crippen LogP) is 5.06. The lowest BCUT2D eigenvalue weighted by atomic mass is 9.99.